The first-order chi connectivity index (χ1) is 4.83. The zero-order valence-corrected chi connectivity index (χ0v) is 7.06. The van der Waals surface area contributed by atoms with Gasteiger partial charge in [0.1, 0.15) is 0 Å². The highest BCUT2D eigenvalue weighted by Crippen LogP contribution is 2.15. The molecule has 58 valence electrons. The molecular formula is C9H17N. The minimum atomic E-state index is 0.607. The smallest absolute Gasteiger partial charge is 0.0470 e. The zero-order valence-electron chi connectivity index (χ0n) is 7.06. The maximum atomic E-state index is 4.59. The Morgan fingerprint density at radius 3 is 3.00 bits per heavy atom. The van der Waals surface area contributed by atoms with Crippen LogP contribution in [0, 0.1) is 0 Å². The topological polar surface area (TPSA) is 12.4 Å². The lowest BCUT2D eigenvalue weighted by Gasteiger charge is -2.16. The second-order valence-electron chi connectivity index (χ2n) is 3.19. The normalized spacial score (nSPS) is 26.2. The van der Waals surface area contributed by atoms with Gasteiger partial charge in [0.15, 0.2) is 0 Å². The van der Waals surface area contributed by atoms with Crippen molar-refractivity contribution in [3.05, 3.63) is 0 Å². The van der Waals surface area contributed by atoms with E-state index in [1.54, 1.807) is 0 Å². The minimum Gasteiger partial charge on any atom is -0.291 e. The Bertz CT molecular complexity index is 127. The molecule has 0 saturated heterocycles. The summed E-state index contributed by atoms with van der Waals surface area (Å²) in [7, 11) is 0. The van der Waals surface area contributed by atoms with Gasteiger partial charge < -0.3 is 0 Å². The van der Waals surface area contributed by atoms with E-state index in [0.717, 1.165) is 0 Å². The van der Waals surface area contributed by atoms with Gasteiger partial charge in [0, 0.05) is 11.8 Å². The molecular weight excluding hydrogens is 122 g/mol. The van der Waals surface area contributed by atoms with E-state index in [9.17, 15) is 0 Å². The van der Waals surface area contributed by atoms with Crippen molar-refractivity contribution in [2.24, 2.45) is 4.99 Å². The summed E-state index contributed by atoms with van der Waals surface area (Å²) in [5.74, 6) is 0. The second kappa shape index (κ2) is 3.75. The fourth-order valence-electron chi connectivity index (χ4n) is 1.52. The summed E-state index contributed by atoms with van der Waals surface area (Å²) < 4.78 is 0. The molecule has 1 heteroatoms. The van der Waals surface area contributed by atoms with E-state index in [1.165, 1.54) is 37.8 Å². The summed E-state index contributed by atoms with van der Waals surface area (Å²) in [6.07, 6.45) is 6.40. The molecule has 0 aromatic heterocycles. The lowest BCUT2D eigenvalue weighted by atomic mass is 10.0. The lowest BCUT2D eigenvalue weighted by Crippen LogP contribution is -2.11. The average molecular weight is 139 g/mol. The number of nitrogens with zero attached hydrogens (tertiary/aromatic N) is 1. The summed E-state index contributed by atoms with van der Waals surface area (Å²) in [6.45, 7) is 4.44. The monoisotopic (exact) mass is 139 g/mol. The third-order valence-corrected chi connectivity index (χ3v) is 2.03. The van der Waals surface area contributed by atoms with Crippen LogP contribution in [0.2, 0.25) is 0 Å². The predicted molar refractivity (Wildman–Crippen MR) is 45.7 cm³/mol. The molecule has 0 saturated carbocycles. The van der Waals surface area contributed by atoms with Crippen LogP contribution >= 0.6 is 0 Å². The van der Waals surface area contributed by atoms with Gasteiger partial charge in [-0.3, -0.25) is 4.99 Å². The largest absolute Gasteiger partial charge is 0.291 e. The van der Waals surface area contributed by atoms with Gasteiger partial charge >= 0.3 is 0 Å². The summed E-state index contributed by atoms with van der Waals surface area (Å²) >= 11 is 0. The third kappa shape index (κ3) is 2.13. The molecule has 1 nitrogen and oxygen atoms in total. The van der Waals surface area contributed by atoms with Crippen LogP contribution < -0.4 is 0 Å². The first-order valence-electron chi connectivity index (χ1n) is 4.38. The van der Waals surface area contributed by atoms with E-state index in [1.807, 2.05) is 0 Å². The van der Waals surface area contributed by atoms with Crippen LogP contribution in [-0.2, 0) is 0 Å². The summed E-state index contributed by atoms with van der Waals surface area (Å²) in [5, 5.41) is 0. The maximum Gasteiger partial charge on any atom is 0.0470 e. The molecule has 1 aliphatic heterocycles. The van der Waals surface area contributed by atoms with Crippen molar-refractivity contribution >= 4 is 5.71 Å². The predicted octanol–water partition coefficient (Wildman–Crippen LogP) is 2.80. The minimum absolute atomic E-state index is 0.607. The van der Waals surface area contributed by atoms with Gasteiger partial charge in [0.05, 0.1) is 0 Å². The first-order valence-corrected chi connectivity index (χ1v) is 4.38. The van der Waals surface area contributed by atoms with Crippen LogP contribution in [-0.4, -0.2) is 11.8 Å². The molecule has 0 unspecified atom stereocenters. The van der Waals surface area contributed by atoms with Crippen LogP contribution in [0.3, 0.4) is 0 Å². The van der Waals surface area contributed by atoms with Crippen molar-refractivity contribution in [1.82, 2.24) is 0 Å². The van der Waals surface area contributed by atoms with E-state index < -0.39 is 0 Å². The summed E-state index contributed by atoms with van der Waals surface area (Å²) in [6, 6.07) is 0.607. The van der Waals surface area contributed by atoms with Crippen LogP contribution in [0.4, 0.5) is 0 Å². The molecule has 0 aromatic carbocycles. The number of aliphatic imine (C=N–C) groups is 1. The number of hydrogen-bond donors (Lipinski definition) is 0. The standard InChI is InChI=1S/C9H17N/c1-3-5-9-7-4-6-8(2)10-9/h8H,3-7H2,1-2H3/t8-/m0/s1. The molecule has 0 radical (unpaired) electrons. The van der Waals surface area contributed by atoms with Crippen molar-refractivity contribution in [1.29, 1.82) is 0 Å². The Hall–Kier alpha value is -0.330. The molecule has 1 rings (SSSR count). The van der Waals surface area contributed by atoms with E-state index >= 15 is 0 Å². The fourth-order valence-corrected chi connectivity index (χ4v) is 1.52. The highest BCUT2D eigenvalue weighted by molar-refractivity contribution is 5.85. The van der Waals surface area contributed by atoms with Gasteiger partial charge in [0.25, 0.3) is 0 Å². The van der Waals surface area contributed by atoms with Gasteiger partial charge in [-0.25, -0.2) is 0 Å². The summed E-state index contributed by atoms with van der Waals surface area (Å²) in [4.78, 5) is 4.59. The molecule has 0 amide bonds. The molecule has 10 heavy (non-hydrogen) atoms. The second-order valence-corrected chi connectivity index (χ2v) is 3.19. The van der Waals surface area contributed by atoms with Crippen molar-refractivity contribution in [3.63, 3.8) is 0 Å². The molecule has 1 atom stereocenters. The first kappa shape index (κ1) is 7.77. The zero-order chi connectivity index (χ0) is 7.40. The van der Waals surface area contributed by atoms with Gasteiger partial charge in [-0.2, -0.15) is 0 Å². The SMILES string of the molecule is CCCC1=N[C@@H](C)CCC1. The average Bonchev–Trinajstić information content (AvgIpc) is 1.88. The highest BCUT2D eigenvalue weighted by Gasteiger charge is 2.08. The van der Waals surface area contributed by atoms with Crippen LogP contribution in [0.5, 0.6) is 0 Å². The molecule has 0 aliphatic carbocycles. The van der Waals surface area contributed by atoms with Crippen LogP contribution in [0.25, 0.3) is 0 Å². The molecule has 0 aromatic rings. The van der Waals surface area contributed by atoms with E-state index in [4.69, 9.17) is 0 Å². The van der Waals surface area contributed by atoms with Gasteiger partial charge in [-0.1, -0.05) is 13.3 Å². The van der Waals surface area contributed by atoms with E-state index in [-0.39, 0.29) is 0 Å². The van der Waals surface area contributed by atoms with Crippen molar-refractivity contribution < 1.29 is 0 Å². The van der Waals surface area contributed by atoms with E-state index in [0.29, 0.717) is 6.04 Å². The molecule has 1 aliphatic rings. The number of hydrogen-bond acceptors (Lipinski definition) is 1. The molecule has 1 heterocycles. The highest BCUT2D eigenvalue weighted by atomic mass is 14.8. The maximum absolute atomic E-state index is 4.59. The Morgan fingerprint density at radius 1 is 1.60 bits per heavy atom. The Kier molecular flexibility index (Phi) is 2.91. The third-order valence-electron chi connectivity index (χ3n) is 2.03. The van der Waals surface area contributed by atoms with Gasteiger partial charge in [-0.15, -0.1) is 0 Å². The molecule has 0 N–H and O–H groups in total. The van der Waals surface area contributed by atoms with Crippen LogP contribution in [0.15, 0.2) is 4.99 Å². The van der Waals surface area contributed by atoms with Crippen molar-refractivity contribution in [2.45, 2.75) is 52.0 Å². The molecule has 0 spiro atoms. The van der Waals surface area contributed by atoms with Crippen molar-refractivity contribution in [3.8, 4) is 0 Å². The van der Waals surface area contributed by atoms with Crippen LogP contribution in [0.1, 0.15) is 46.0 Å². The van der Waals surface area contributed by atoms with E-state index in [2.05, 4.69) is 18.8 Å². The number of rotatable bonds is 2. The van der Waals surface area contributed by atoms with Crippen molar-refractivity contribution in [2.75, 3.05) is 0 Å². The molecule has 0 fully saturated rings. The summed E-state index contributed by atoms with van der Waals surface area (Å²) in [5.41, 5.74) is 1.46. The lowest BCUT2D eigenvalue weighted by molar-refractivity contribution is 0.602. The van der Waals surface area contributed by atoms with Gasteiger partial charge in [0.2, 0.25) is 0 Å². The molecule has 0 bridgehead atoms. The Balaban J connectivity index is 2.41. The van der Waals surface area contributed by atoms with Gasteiger partial charge in [-0.05, 0) is 32.6 Å². The Morgan fingerprint density at radius 2 is 2.40 bits per heavy atom. The fraction of sp³-hybridized carbons (Fsp3) is 0.889. The Labute approximate surface area is 63.5 Å². The quantitative estimate of drug-likeness (QED) is 0.558.